The number of nitrogens with zero attached hydrogens (tertiary/aromatic N) is 4. The summed E-state index contributed by atoms with van der Waals surface area (Å²) >= 11 is 0. The van der Waals surface area contributed by atoms with Gasteiger partial charge in [-0.1, -0.05) is 18.2 Å². The number of ether oxygens (including phenoxy) is 1. The molecule has 6 heteroatoms. The second kappa shape index (κ2) is 7.68. The molecule has 1 aliphatic heterocycles. The van der Waals surface area contributed by atoms with Gasteiger partial charge >= 0.3 is 0 Å². The fourth-order valence-electron chi connectivity index (χ4n) is 3.05. The van der Waals surface area contributed by atoms with Gasteiger partial charge in [0.25, 0.3) is 0 Å². The van der Waals surface area contributed by atoms with Crippen LogP contribution in [0.2, 0.25) is 0 Å². The molecule has 0 radical (unpaired) electrons. The Balaban J connectivity index is 1.41. The second-order valence-electron chi connectivity index (χ2n) is 6.28. The lowest BCUT2D eigenvalue weighted by Crippen LogP contribution is -2.37. The Labute approximate surface area is 151 Å². The molecular weight excluding hydrogens is 331 g/mol. The fraction of sp³-hybridized carbons (Fsp3) is 0.250. The molecule has 0 bridgehead atoms. The summed E-state index contributed by atoms with van der Waals surface area (Å²) in [5.74, 6) is 0.395. The van der Waals surface area contributed by atoms with Crippen LogP contribution in [0.5, 0.6) is 0 Å². The van der Waals surface area contributed by atoms with Gasteiger partial charge < -0.3 is 4.74 Å². The molecule has 0 saturated carbocycles. The molecule has 1 saturated heterocycles. The van der Waals surface area contributed by atoms with E-state index in [1.54, 1.807) is 18.3 Å². The maximum absolute atomic E-state index is 13.1. The highest BCUT2D eigenvalue weighted by molar-refractivity contribution is 5.47. The highest BCUT2D eigenvalue weighted by atomic mass is 19.1. The van der Waals surface area contributed by atoms with Crippen LogP contribution in [-0.2, 0) is 11.3 Å². The van der Waals surface area contributed by atoms with Crippen molar-refractivity contribution in [1.82, 2.24) is 19.9 Å². The molecule has 4 rings (SSSR count). The molecule has 3 aromatic rings. The summed E-state index contributed by atoms with van der Waals surface area (Å²) in [6.07, 6.45) is 5.38. The smallest absolute Gasteiger partial charge is 0.178 e. The van der Waals surface area contributed by atoms with Crippen molar-refractivity contribution in [3.05, 3.63) is 78.0 Å². The summed E-state index contributed by atoms with van der Waals surface area (Å²) in [5.41, 5.74) is 2.81. The highest BCUT2D eigenvalue weighted by Gasteiger charge is 2.22. The van der Waals surface area contributed by atoms with Gasteiger partial charge in [-0.3, -0.25) is 9.88 Å². The van der Waals surface area contributed by atoms with E-state index in [9.17, 15) is 4.39 Å². The molecule has 5 nitrogen and oxygen atoms in total. The van der Waals surface area contributed by atoms with Gasteiger partial charge in [0.1, 0.15) is 11.5 Å². The normalized spacial score (nSPS) is 18.0. The summed E-state index contributed by atoms with van der Waals surface area (Å²) in [7, 11) is 0. The molecular formula is C20H19FN4O. The molecule has 132 valence electrons. The molecule has 1 aliphatic rings. The molecule has 0 spiro atoms. The first-order valence-corrected chi connectivity index (χ1v) is 8.60. The SMILES string of the molecule is Fc1ccc(C2CN(Cc3cnc(-c4ccccn4)nc3)CCO2)cc1. The summed E-state index contributed by atoms with van der Waals surface area (Å²) in [6.45, 7) is 3.01. The Bertz CT molecular complexity index is 840. The monoisotopic (exact) mass is 350 g/mol. The Hall–Kier alpha value is -2.70. The zero-order valence-electron chi connectivity index (χ0n) is 14.3. The number of hydrogen-bond donors (Lipinski definition) is 0. The van der Waals surface area contributed by atoms with Crippen LogP contribution in [0.15, 0.2) is 61.1 Å². The van der Waals surface area contributed by atoms with Crippen molar-refractivity contribution in [3.8, 4) is 11.5 Å². The van der Waals surface area contributed by atoms with Crippen molar-refractivity contribution in [2.24, 2.45) is 0 Å². The van der Waals surface area contributed by atoms with E-state index in [1.165, 1.54) is 12.1 Å². The van der Waals surface area contributed by atoms with Gasteiger partial charge in [0, 0.05) is 43.8 Å². The number of halogens is 1. The third-order valence-corrected chi connectivity index (χ3v) is 4.40. The second-order valence-corrected chi connectivity index (χ2v) is 6.28. The largest absolute Gasteiger partial charge is 0.371 e. The molecule has 3 heterocycles. The van der Waals surface area contributed by atoms with E-state index in [1.807, 2.05) is 30.6 Å². The number of pyridine rings is 1. The van der Waals surface area contributed by atoms with E-state index < -0.39 is 0 Å². The first-order chi connectivity index (χ1) is 12.8. The predicted octanol–water partition coefficient (Wildman–Crippen LogP) is 3.25. The average Bonchev–Trinajstić information content (AvgIpc) is 2.70. The van der Waals surface area contributed by atoms with Gasteiger partial charge in [-0.15, -0.1) is 0 Å². The minimum absolute atomic E-state index is 0.0435. The van der Waals surface area contributed by atoms with E-state index in [-0.39, 0.29) is 11.9 Å². The highest BCUT2D eigenvalue weighted by Crippen LogP contribution is 2.23. The van der Waals surface area contributed by atoms with Gasteiger partial charge in [-0.2, -0.15) is 0 Å². The zero-order valence-corrected chi connectivity index (χ0v) is 14.3. The van der Waals surface area contributed by atoms with Crippen LogP contribution >= 0.6 is 0 Å². The first-order valence-electron chi connectivity index (χ1n) is 8.60. The zero-order chi connectivity index (χ0) is 17.8. The molecule has 0 amide bonds. The van der Waals surface area contributed by atoms with Crippen LogP contribution < -0.4 is 0 Å². The van der Waals surface area contributed by atoms with Gasteiger partial charge in [0.2, 0.25) is 0 Å². The van der Waals surface area contributed by atoms with E-state index in [4.69, 9.17) is 4.74 Å². The number of rotatable bonds is 4. The van der Waals surface area contributed by atoms with Crippen LogP contribution in [0.3, 0.4) is 0 Å². The van der Waals surface area contributed by atoms with Gasteiger partial charge in [-0.25, -0.2) is 14.4 Å². The lowest BCUT2D eigenvalue weighted by molar-refractivity contribution is -0.0330. The van der Waals surface area contributed by atoms with Crippen LogP contribution in [0.4, 0.5) is 4.39 Å². The van der Waals surface area contributed by atoms with Crippen molar-refractivity contribution in [1.29, 1.82) is 0 Å². The van der Waals surface area contributed by atoms with Gasteiger partial charge in [0.05, 0.1) is 12.7 Å². The lowest BCUT2D eigenvalue weighted by atomic mass is 10.1. The predicted molar refractivity (Wildman–Crippen MR) is 95.6 cm³/mol. The number of hydrogen-bond acceptors (Lipinski definition) is 5. The topological polar surface area (TPSA) is 51.1 Å². The van der Waals surface area contributed by atoms with Crippen LogP contribution in [-0.4, -0.2) is 39.5 Å². The molecule has 0 aliphatic carbocycles. The fourth-order valence-corrected chi connectivity index (χ4v) is 3.05. The molecule has 1 fully saturated rings. The summed E-state index contributed by atoms with van der Waals surface area (Å²) in [4.78, 5) is 15.4. The van der Waals surface area contributed by atoms with Crippen molar-refractivity contribution in [2.45, 2.75) is 12.6 Å². The minimum Gasteiger partial charge on any atom is -0.371 e. The maximum atomic E-state index is 13.1. The molecule has 1 aromatic carbocycles. The minimum atomic E-state index is -0.230. The molecule has 1 atom stereocenters. The first kappa shape index (κ1) is 16.8. The standard InChI is InChI=1S/C20H19FN4O/c21-17-6-4-16(5-7-17)19-14-25(9-10-26-19)13-15-11-23-20(24-12-15)18-3-1-2-8-22-18/h1-8,11-12,19H,9-10,13-14H2. The van der Waals surface area contributed by atoms with Crippen molar-refractivity contribution in [3.63, 3.8) is 0 Å². The Morgan fingerprint density at radius 1 is 1.04 bits per heavy atom. The summed E-state index contributed by atoms with van der Waals surface area (Å²) < 4.78 is 18.9. The number of aromatic nitrogens is 3. The van der Waals surface area contributed by atoms with Crippen LogP contribution in [0.1, 0.15) is 17.2 Å². The van der Waals surface area contributed by atoms with Crippen molar-refractivity contribution < 1.29 is 9.13 Å². The Morgan fingerprint density at radius 2 is 1.85 bits per heavy atom. The van der Waals surface area contributed by atoms with Crippen LogP contribution in [0.25, 0.3) is 11.5 Å². The number of benzene rings is 1. The van der Waals surface area contributed by atoms with Crippen molar-refractivity contribution in [2.75, 3.05) is 19.7 Å². The average molecular weight is 350 g/mol. The third-order valence-electron chi connectivity index (χ3n) is 4.40. The quantitative estimate of drug-likeness (QED) is 0.723. The Morgan fingerprint density at radius 3 is 2.58 bits per heavy atom. The molecule has 0 N–H and O–H groups in total. The molecule has 2 aromatic heterocycles. The molecule has 1 unspecified atom stereocenters. The summed E-state index contributed by atoms with van der Waals surface area (Å²) in [6, 6.07) is 12.2. The van der Waals surface area contributed by atoms with E-state index >= 15 is 0 Å². The molecule has 26 heavy (non-hydrogen) atoms. The lowest BCUT2D eigenvalue weighted by Gasteiger charge is -2.33. The van der Waals surface area contributed by atoms with E-state index in [2.05, 4.69) is 19.9 Å². The van der Waals surface area contributed by atoms with Gasteiger partial charge in [0.15, 0.2) is 5.82 Å². The third kappa shape index (κ3) is 3.92. The summed E-state index contributed by atoms with van der Waals surface area (Å²) in [5, 5.41) is 0. The van der Waals surface area contributed by atoms with Gasteiger partial charge in [-0.05, 0) is 29.8 Å². The number of morpholine rings is 1. The maximum Gasteiger partial charge on any atom is 0.178 e. The van der Waals surface area contributed by atoms with Crippen LogP contribution in [0, 0.1) is 5.82 Å². The van der Waals surface area contributed by atoms with Crippen molar-refractivity contribution >= 4 is 0 Å². The van der Waals surface area contributed by atoms with E-state index in [0.717, 1.165) is 36.5 Å². The van der Waals surface area contributed by atoms with E-state index in [0.29, 0.717) is 12.4 Å². The Kier molecular flexibility index (Phi) is 4.95.